The highest BCUT2D eigenvalue weighted by atomic mass is 16.2. The van der Waals surface area contributed by atoms with Crippen molar-refractivity contribution in [3.05, 3.63) is 12.4 Å². The fourth-order valence-corrected chi connectivity index (χ4v) is 2.71. The van der Waals surface area contributed by atoms with E-state index in [1.807, 2.05) is 18.1 Å². The number of carbonyl (C=O) groups excluding carboxylic acids is 1. The number of aliphatic imine (C=N–C) groups is 1. The minimum Gasteiger partial charge on any atom is -0.354 e. The standard InChI is InChI=1S/C14H22N6O/c1-15-14(17-11-4-3-5-11)19-6-7-20(13(21)10-19)12-8-16-18(2)9-12/h8-9,11H,3-7,10H2,1-2H3,(H,15,17). The van der Waals surface area contributed by atoms with Crippen LogP contribution in [0, 0.1) is 0 Å². The lowest BCUT2D eigenvalue weighted by Crippen LogP contribution is -2.57. The summed E-state index contributed by atoms with van der Waals surface area (Å²) in [7, 11) is 3.63. The minimum atomic E-state index is 0.0887. The number of nitrogens with one attached hydrogen (secondary N) is 1. The molecule has 0 spiro atoms. The molecule has 2 heterocycles. The van der Waals surface area contributed by atoms with Gasteiger partial charge in [-0.2, -0.15) is 5.10 Å². The Bertz CT molecular complexity index is 547. The fourth-order valence-electron chi connectivity index (χ4n) is 2.71. The molecule has 0 radical (unpaired) electrons. The van der Waals surface area contributed by atoms with Gasteiger partial charge in [0.05, 0.1) is 11.9 Å². The van der Waals surface area contributed by atoms with Crippen molar-refractivity contribution in [2.45, 2.75) is 25.3 Å². The number of guanidine groups is 1. The number of rotatable bonds is 2. The number of nitrogens with zero attached hydrogens (tertiary/aromatic N) is 5. The third-order valence-electron chi connectivity index (χ3n) is 4.17. The molecule has 0 aromatic carbocycles. The summed E-state index contributed by atoms with van der Waals surface area (Å²) >= 11 is 0. The Balaban J connectivity index is 1.63. The summed E-state index contributed by atoms with van der Waals surface area (Å²) in [6, 6.07) is 0.523. The van der Waals surface area contributed by atoms with E-state index in [0.717, 1.165) is 18.2 Å². The minimum absolute atomic E-state index is 0.0887. The second kappa shape index (κ2) is 5.75. The molecule has 1 saturated carbocycles. The van der Waals surface area contributed by atoms with Crippen LogP contribution in [0.3, 0.4) is 0 Å². The van der Waals surface area contributed by atoms with Crippen LogP contribution in [0.25, 0.3) is 0 Å². The first kappa shape index (κ1) is 13.9. The Morgan fingerprint density at radius 3 is 2.76 bits per heavy atom. The topological polar surface area (TPSA) is 65.8 Å². The van der Waals surface area contributed by atoms with Gasteiger partial charge in [-0.3, -0.25) is 14.5 Å². The maximum absolute atomic E-state index is 12.4. The lowest BCUT2D eigenvalue weighted by Gasteiger charge is -2.38. The van der Waals surface area contributed by atoms with E-state index in [2.05, 4.69) is 15.4 Å². The summed E-state index contributed by atoms with van der Waals surface area (Å²) < 4.78 is 1.71. The first-order valence-corrected chi connectivity index (χ1v) is 7.44. The van der Waals surface area contributed by atoms with Crippen LogP contribution in [0.1, 0.15) is 19.3 Å². The third kappa shape index (κ3) is 2.86. The van der Waals surface area contributed by atoms with Gasteiger partial charge >= 0.3 is 0 Å². The van der Waals surface area contributed by atoms with Crippen molar-refractivity contribution in [1.29, 1.82) is 0 Å². The number of piperazine rings is 1. The van der Waals surface area contributed by atoms with Crippen LogP contribution in [0.2, 0.25) is 0 Å². The molecule has 0 unspecified atom stereocenters. The Morgan fingerprint density at radius 2 is 2.24 bits per heavy atom. The molecule has 21 heavy (non-hydrogen) atoms. The van der Waals surface area contributed by atoms with E-state index < -0.39 is 0 Å². The van der Waals surface area contributed by atoms with E-state index >= 15 is 0 Å². The molecular weight excluding hydrogens is 268 g/mol. The molecule has 1 aliphatic carbocycles. The van der Waals surface area contributed by atoms with E-state index in [-0.39, 0.29) is 5.91 Å². The first-order chi connectivity index (χ1) is 10.2. The number of hydrogen-bond donors (Lipinski definition) is 1. The predicted molar refractivity (Wildman–Crippen MR) is 81.3 cm³/mol. The summed E-state index contributed by atoms with van der Waals surface area (Å²) in [6.07, 6.45) is 7.28. The Hall–Kier alpha value is -2.05. The van der Waals surface area contributed by atoms with Crippen LogP contribution in [0.4, 0.5) is 5.69 Å². The van der Waals surface area contributed by atoms with Crippen LogP contribution in [0.5, 0.6) is 0 Å². The smallest absolute Gasteiger partial charge is 0.246 e. The van der Waals surface area contributed by atoms with Gasteiger partial charge in [0.25, 0.3) is 0 Å². The molecule has 2 aliphatic rings. The van der Waals surface area contributed by atoms with E-state index in [4.69, 9.17) is 0 Å². The Morgan fingerprint density at radius 1 is 1.43 bits per heavy atom. The van der Waals surface area contributed by atoms with Crippen molar-refractivity contribution in [1.82, 2.24) is 20.0 Å². The molecule has 1 aliphatic heterocycles. The van der Waals surface area contributed by atoms with Crippen LogP contribution in [0.15, 0.2) is 17.4 Å². The van der Waals surface area contributed by atoms with Gasteiger partial charge < -0.3 is 15.1 Å². The quantitative estimate of drug-likeness (QED) is 0.624. The molecule has 1 N–H and O–H groups in total. The van der Waals surface area contributed by atoms with Crippen molar-refractivity contribution >= 4 is 17.6 Å². The summed E-state index contributed by atoms with van der Waals surface area (Å²) in [6.45, 7) is 1.81. The molecule has 7 heteroatoms. The van der Waals surface area contributed by atoms with Gasteiger partial charge in [-0.1, -0.05) is 0 Å². The van der Waals surface area contributed by atoms with Gasteiger partial charge in [0.1, 0.15) is 6.54 Å². The molecular formula is C14H22N6O. The average molecular weight is 290 g/mol. The van der Waals surface area contributed by atoms with Crippen LogP contribution >= 0.6 is 0 Å². The average Bonchev–Trinajstić information content (AvgIpc) is 2.84. The number of carbonyl (C=O) groups is 1. The number of aromatic nitrogens is 2. The summed E-state index contributed by atoms with van der Waals surface area (Å²) in [5.74, 6) is 0.935. The molecule has 1 aromatic heterocycles. The van der Waals surface area contributed by atoms with Crippen molar-refractivity contribution in [3.63, 3.8) is 0 Å². The van der Waals surface area contributed by atoms with E-state index in [0.29, 0.717) is 19.1 Å². The highest BCUT2D eigenvalue weighted by molar-refractivity contribution is 5.98. The largest absolute Gasteiger partial charge is 0.354 e. The number of hydrogen-bond acceptors (Lipinski definition) is 3. The third-order valence-corrected chi connectivity index (χ3v) is 4.17. The van der Waals surface area contributed by atoms with Gasteiger partial charge in [-0.05, 0) is 19.3 Å². The zero-order valence-electron chi connectivity index (χ0n) is 12.6. The van der Waals surface area contributed by atoms with Crippen LogP contribution in [-0.2, 0) is 11.8 Å². The van der Waals surface area contributed by atoms with Gasteiger partial charge in [-0.25, -0.2) is 0 Å². The van der Waals surface area contributed by atoms with E-state index in [1.54, 1.807) is 22.8 Å². The Kier molecular flexibility index (Phi) is 3.81. The highest BCUT2D eigenvalue weighted by Crippen LogP contribution is 2.19. The maximum atomic E-state index is 12.4. The Labute approximate surface area is 124 Å². The van der Waals surface area contributed by atoms with E-state index in [9.17, 15) is 4.79 Å². The maximum Gasteiger partial charge on any atom is 0.246 e. The number of aryl methyl sites for hydroxylation is 1. The van der Waals surface area contributed by atoms with E-state index in [1.165, 1.54) is 19.3 Å². The molecule has 114 valence electrons. The number of amides is 1. The summed E-state index contributed by atoms with van der Waals surface area (Å²) in [4.78, 5) is 20.5. The zero-order valence-corrected chi connectivity index (χ0v) is 12.6. The predicted octanol–water partition coefficient (Wildman–Crippen LogP) is 0.197. The molecule has 7 nitrogen and oxygen atoms in total. The molecule has 3 rings (SSSR count). The normalized spacial score (nSPS) is 20.7. The second-order valence-corrected chi connectivity index (χ2v) is 5.66. The molecule has 2 fully saturated rings. The molecule has 1 saturated heterocycles. The first-order valence-electron chi connectivity index (χ1n) is 7.44. The molecule has 0 atom stereocenters. The number of anilines is 1. The SMILES string of the molecule is CN=C(NC1CCC1)N1CCN(c2cnn(C)c2)C(=O)C1. The monoisotopic (exact) mass is 290 g/mol. The van der Waals surface area contributed by atoms with Crippen LogP contribution < -0.4 is 10.2 Å². The second-order valence-electron chi connectivity index (χ2n) is 5.66. The van der Waals surface area contributed by atoms with Crippen LogP contribution in [-0.4, -0.2) is 59.3 Å². The molecule has 1 aromatic rings. The van der Waals surface area contributed by atoms with Crippen molar-refractivity contribution in [2.75, 3.05) is 31.6 Å². The summed E-state index contributed by atoms with van der Waals surface area (Å²) in [5.41, 5.74) is 0.865. The van der Waals surface area contributed by atoms with Crippen molar-refractivity contribution < 1.29 is 4.79 Å². The fraction of sp³-hybridized carbons (Fsp3) is 0.643. The van der Waals surface area contributed by atoms with Gasteiger partial charge in [-0.15, -0.1) is 0 Å². The van der Waals surface area contributed by atoms with Crippen molar-refractivity contribution in [2.24, 2.45) is 12.0 Å². The molecule has 0 bridgehead atoms. The van der Waals surface area contributed by atoms with Gasteiger partial charge in [0, 0.05) is 39.4 Å². The molecule has 1 amide bonds. The zero-order chi connectivity index (χ0) is 14.8. The summed E-state index contributed by atoms with van der Waals surface area (Å²) in [5, 5.41) is 7.57. The van der Waals surface area contributed by atoms with Gasteiger partial charge in [0.15, 0.2) is 5.96 Å². The van der Waals surface area contributed by atoms with Crippen molar-refractivity contribution in [3.8, 4) is 0 Å². The highest BCUT2D eigenvalue weighted by Gasteiger charge is 2.29. The lowest BCUT2D eigenvalue weighted by atomic mass is 9.93. The van der Waals surface area contributed by atoms with Gasteiger partial charge in [0.2, 0.25) is 5.91 Å². The lowest BCUT2D eigenvalue weighted by molar-refractivity contribution is -0.120.